The van der Waals surface area contributed by atoms with E-state index in [-0.39, 0.29) is 0 Å². The molecule has 0 N–H and O–H groups in total. The second kappa shape index (κ2) is 6.12. The Bertz CT molecular complexity index is 719. The van der Waals surface area contributed by atoms with Crippen molar-refractivity contribution in [3.8, 4) is 11.1 Å². The zero-order valence-corrected chi connectivity index (χ0v) is 14.2. The smallest absolute Gasteiger partial charge is 0.00549 e. The molecule has 114 valence electrons. The normalized spacial score (nSPS) is 14.6. The van der Waals surface area contributed by atoms with E-state index in [0.29, 0.717) is 5.92 Å². The summed E-state index contributed by atoms with van der Waals surface area (Å²) in [5.74, 6) is 0.683. The summed E-state index contributed by atoms with van der Waals surface area (Å²) in [7, 11) is 0. The van der Waals surface area contributed by atoms with E-state index in [2.05, 4.69) is 70.2 Å². The topological polar surface area (TPSA) is 0 Å². The Kier molecular flexibility index (Phi) is 4.20. The van der Waals surface area contributed by atoms with Gasteiger partial charge in [-0.05, 0) is 65.5 Å². The van der Waals surface area contributed by atoms with E-state index < -0.39 is 0 Å². The van der Waals surface area contributed by atoms with Crippen molar-refractivity contribution in [1.82, 2.24) is 0 Å². The quantitative estimate of drug-likeness (QED) is 0.628. The largest absolute Gasteiger partial charge is 0.0648 e. The number of rotatable bonds is 4. The molecule has 0 saturated heterocycles. The molecular weight excluding hydrogens is 264 g/mol. The molecule has 22 heavy (non-hydrogen) atoms. The highest BCUT2D eigenvalue weighted by atomic mass is 14.3. The molecule has 0 spiro atoms. The Hall–Kier alpha value is -1.82. The Morgan fingerprint density at radius 1 is 1.05 bits per heavy atom. The van der Waals surface area contributed by atoms with Gasteiger partial charge in [0.25, 0.3) is 0 Å². The van der Waals surface area contributed by atoms with Gasteiger partial charge in [0.2, 0.25) is 0 Å². The predicted molar refractivity (Wildman–Crippen MR) is 97.1 cm³/mol. The molecule has 0 heteroatoms. The molecule has 1 unspecified atom stereocenters. The molecule has 3 rings (SSSR count). The number of benzene rings is 2. The molecule has 1 aliphatic carbocycles. The maximum absolute atomic E-state index is 2.48. The van der Waals surface area contributed by atoms with Crippen molar-refractivity contribution < 1.29 is 0 Å². The first-order valence-electron chi connectivity index (χ1n) is 8.56. The van der Waals surface area contributed by atoms with E-state index >= 15 is 0 Å². The molecule has 0 aromatic heterocycles. The summed E-state index contributed by atoms with van der Waals surface area (Å²) in [6.45, 7) is 9.13. The zero-order valence-electron chi connectivity index (χ0n) is 14.2. The number of hydrogen-bond acceptors (Lipinski definition) is 0. The van der Waals surface area contributed by atoms with E-state index in [1.54, 1.807) is 5.57 Å². The van der Waals surface area contributed by atoms with Crippen LogP contribution in [-0.4, -0.2) is 0 Å². The lowest BCUT2D eigenvalue weighted by Crippen LogP contribution is -1.97. The van der Waals surface area contributed by atoms with Crippen molar-refractivity contribution >= 4 is 6.08 Å². The Balaban J connectivity index is 2.21. The lowest BCUT2D eigenvalue weighted by Gasteiger charge is -2.15. The van der Waals surface area contributed by atoms with Crippen LogP contribution in [0.25, 0.3) is 17.2 Å². The molecule has 2 aromatic carbocycles. The molecular formula is C22H26. The van der Waals surface area contributed by atoms with Gasteiger partial charge in [-0.3, -0.25) is 0 Å². The Morgan fingerprint density at radius 2 is 1.82 bits per heavy atom. The van der Waals surface area contributed by atoms with Gasteiger partial charge in [-0.15, -0.1) is 0 Å². The fourth-order valence-corrected chi connectivity index (χ4v) is 3.53. The standard InChI is InChI=1S/C22H26/c1-5-15(3)19-13-18-12-11-17(6-2)22(21(18)14-19)20-10-8-7-9-16(20)4/h7-12,14-15H,5-6,13H2,1-4H3. The first kappa shape index (κ1) is 15.1. The third kappa shape index (κ3) is 2.52. The highest BCUT2D eigenvalue weighted by Gasteiger charge is 2.21. The van der Waals surface area contributed by atoms with Crippen molar-refractivity contribution in [3.63, 3.8) is 0 Å². The van der Waals surface area contributed by atoms with E-state index in [9.17, 15) is 0 Å². The van der Waals surface area contributed by atoms with Crippen LogP contribution in [0.2, 0.25) is 0 Å². The Morgan fingerprint density at radius 3 is 2.50 bits per heavy atom. The molecule has 0 bridgehead atoms. The summed E-state index contributed by atoms with van der Waals surface area (Å²) >= 11 is 0. The van der Waals surface area contributed by atoms with Crippen LogP contribution >= 0.6 is 0 Å². The maximum Gasteiger partial charge on any atom is -0.00549 e. The highest BCUT2D eigenvalue weighted by Crippen LogP contribution is 2.40. The SMILES string of the molecule is CCc1ccc2c(c1-c1ccccc1C)C=C(C(C)CC)C2. The lowest BCUT2D eigenvalue weighted by atomic mass is 9.89. The number of aryl methyl sites for hydroxylation is 2. The second-order valence-corrected chi connectivity index (χ2v) is 6.55. The van der Waals surface area contributed by atoms with Crippen molar-refractivity contribution in [2.24, 2.45) is 5.92 Å². The lowest BCUT2D eigenvalue weighted by molar-refractivity contribution is 0.647. The van der Waals surface area contributed by atoms with Crippen LogP contribution in [0.3, 0.4) is 0 Å². The molecule has 0 amide bonds. The molecule has 0 saturated carbocycles. The van der Waals surface area contributed by atoms with Gasteiger partial charge in [-0.2, -0.15) is 0 Å². The van der Waals surface area contributed by atoms with Crippen molar-refractivity contribution in [2.75, 3.05) is 0 Å². The fraction of sp³-hybridized carbons (Fsp3) is 0.364. The van der Waals surface area contributed by atoms with E-state index in [0.717, 1.165) is 12.8 Å². The third-order valence-electron chi connectivity index (χ3n) is 5.19. The Labute approximate surface area is 134 Å². The van der Waals surface area contributed by atoms with E-state index in [4.69, 9.17) is 0 Å². The monoisotopic (exact) mass is 290 g/mol. The van der Waals surface area contributed by atoms with Gasteiger partial charge in [-0.25, -0.2) is 0 Å². The van der Waals surface area contributed by atoms with Crippen LogP contribution < -0.4 is 0 Å². The molecule has 0 radical (unpaired) electrons. The van der Waals surface area contributed by atoms with Crippen LogP contribution in [0, 0.1) is 12.8 Å². The summed E-state index contributed by atoms with van der Waals surface area (Å²) in [6, 6.07) is 13.5. The van der Waals surface area contributed by atoms with Gasteiger partial charge >= 0.3 is 0 Å². The molecule has 1 atom stereocenters. The summed E-state index contributed by atoms with van der Waals surface area (Å²) in [5, 5.41) is 0. The molecule has 1 aliphatic rings. The van der Waals surface area contributed by atoms with E-state index in [1.807, 2.05) is 0 Å². The summed E-state index contributed by atoms with van der Waals surface area (Å²) in [5.41, 5.74) is 10.3. The zero-order chi connectivity index (χ0) is 15.7. The average molecular weight is 290 g/mol. The summed E-state index contributed by atoms with van der Waals surface area (Å²) in [4.78, 5) is 0. The molecule has 0 heterocycles. The third-order valence-corrected chi connectivity index (χ3v) is 5.19. The second-order valence-electron chi connectivity index (χ2n) is 6.55. The first-order chi connectivity index (χ1) is 10.7. The predicted octanol–water partition coefficient (Wildman–Crippen LogP) is 6.21. The number of allylic oxidation sites excluding steroid dienone is 1. The summed E-state index contributed by atoms with van der Waals surface area (Å²) < 4.78 is 0. The minimum atomic E-state index is 0.683. The number of fused-ring (bicyclic) bond motifs is 1. The summed E-state index contributed by atoms with van der Waals surface area (Å²) in [6.07, 6.45) is 5.92. The molecule has 0 aliphatic heterocycles. The minimum Gasteiger partial charge on any atom is -0.0648 e. The van der Waals surface area contributed by atoms with Crippen molar-refractivity contribution in [3.05, 3.63) is 64.2 Å². The van der Waals surface area contributed by atoms with Crippen molar-refractivity contribution in [1.29, 1.82) is 0 Å². The average Bonchev–Trinajstić information content (AvgIpc) is 2.98. The van der Waals surface area contributed by atoms with Gasteiger partial charge in [-0.1, -0.05) is 68.8 Å². The highest BCUT2D eigenvalue weighted by molar-refractivity contribution is 5.84. The van der Waals surface area contributed by atoms with Crippen molar-refractivity contribution in [2.45, 2.75) is 47.0 Å². The van der Waals surface area contributed by atoms with E-state index in [1.165, 1.54) is 39.8 Å². The van der Waals surface area contributed by atoms with Crippen LogP contribution in [-0.2, 0) is 12.8 Å². The molecule has 2 aromatic rings. The van der Waals surface area contributed by atoms with Gasteiger partial charge in [0.05, 0.1) is 0 Å². The molecule has 0 fully saturated rings. The van der Waals surface area contributed by atoms with Gasteiger partial charge in [0.1, 0.15) is 0 Å². The maximum atomic E-state index is 2.48. The van der Waals surface area contributed by atoms with Crippen LogP contribution in [0.5, 0.6) is 0 Å². The van der Waals surface area contributed by atoms with Crippen LogP contribution in [0.4, 0.5) is 0 Å². The van der Waals surface area contributed by atoms with Gasteiger partial charge in [0, 0.05) is 0 Å². The van der Waals surface area contributed by atoms with Gasteiger partial charge < -0.3 is 0 Å². The minimum absolute atomic E-state index is 0.683. The van der Waals surface area contributed by atoms with Crippen LogP contribution in [0.15, 0.2) is 42.0 Å². The number of hydrogen-bond donors (Lipinski definition) is 0. The molecule has 0 nitrogen and oxygen atoms in total. The van der Waals surface area contributed by atoms with Gasteiger partial charge in [0.15, 0.2) is 0 Å². The fourth-order valence-electron chi connectivity index (χ4n) is 3.53. The first-order valence-corrected chi connectivity index (χ1v) is 8.56. The van der Waals surface area contributed by atoms with Crippen LogP contribution in [0.1, 0.15) is 49.4 Å².